The van der Waals surface area contributed by atoms with Gasteiger partial charge in [0.2, 0.25) is 0 Å². The Morgan fingerprint density at radius 2 is 1.58 bits per heavy atom. The van der Waals surface area contributed by atoms with Gasteiger partial charge in [-0.3, -0.25) is 0 Å². The topological polar surface area (TPSA) is 9.23 Å². The third-order valence-electron chi connectivity index (χ3n) is 2.51. The van der Waals surface area contributed by atoms with Crippen LogP contribution in [0.5, 0.6) is 0 Å². The molecular weight excluding hydrogens is 274 g/mol. The average Bonchev–Trinajstić information content (AvgIpc) is 2.35. The van der Waals surface area contributed by atoms with Crippen molar-refractivity contribution in [3.63, 3.8) is 0 Å². The number of hydrogen-bond acceptors (Lipinski definition) is 1. The summed E-state index contributed by atoms with van der Waals surface area (Å²) in [6, 6.07) is 8.04. The molecule has 0 aromatic heterocycles. The van der Waals surface area contributed by atoms with Crippen molar-refractivity contribution in [3.05, 3.63) is 35.9 Å². The Labute approximate surface area is 106 Å². The second kappa shape index (κ2) is 5.81. The van der Waals surface area contributed by atoms with Crippen molar-refractivity contribution in [3.8, 4) is 0 Å². The number of benzene rings is 1. The first-order valence-corrected chi connectivity index (χ1v) is 5.40. The van der Waals surface area contributed by atoms with E-state index >= 15 is 0 Å². The fourth-order valence-corrected chi connectivity index (χ4v) is 1.33. The Morgan fingerprint density at radius 3 is 2.05 bits per heavy atom. The highest BCUT2D eigenvalue weighted by atomic mass is 19.4. The molecule has 108 valence electrons. The van der Waals surface area contributed by atoms with Gasteiger partial charge in [-0.2, -0.15) is 13.2 Å². The minimum atomic E-state index is -5.62. The van der Waals surface area contributed by atoms with E-state index in [0.717, 1.165) is 0 Å². The van der Waals surface area contributed by atoms with E-state index in [1.807, 2.05) is 0 Å². The Hall–Kier alpha value is -1.24. The van der Waals surface area contributed by atoms with Gasteiger partial charge in [0.1, 0.15) is 6.10 Å². The normalized spacial score (nSPS) is 16.2. The smallest absolute Gasteiger partial charge is 0.367 e. The van der Waals surface area contributed by atoms with Gasteiger partial charge in [0.25, 0.3) is 6.17 Å². The second-order valence-electron chi connectivity index (χ2n) is 4.02. The summed E-state index contributed by atoms with van der Waals surface area (Å²) in [5, 5.41) is 0. The molecule has 0 fully saturated rings. The van der Waals surface area contributed by atoms with Gasteiger partial charge in [-0.15, -0.1) is 0 Å². The van der Waals surface area contributed by atoms with Gasteiger partial charge in [-0.25, -0.2) is 13.2 Å². The van der Waals surface area contributed by atoms with Crippen molar-refractivity contribution >= 4 is 0 Å². The maximum absolute atomic E-state index is 13.2. The lowest BCUT2D eigenvalue weighted by Crippen LogP contribution is -2.49. The fourth-order valence-electron chi connectivity index (χ4n) is 1.33. The summed E-state index contributed by atoms with van der Waals surface area (Å²) in [5.41, 5.74) is 0.507. The van der Waals surface area contributed by atoms with E-state index < -0.39 is 24.4 Å². The van der Waals surface area contributed by atoms with Gasteiger partial charge in [-0.05, 0) is 12.5 Å². The van der Waals surface area contributed by atoms with Gasteiger partial charge in [0, 0.05) is 0 Å². The van der Waals surface area contributed by atoms with Crippen LogP contribution in [0.25, 0.3) is 0 Å². The summed E-state index contributed by atoms with van der Waals surface area (Å²) in [7, 11) is 0. The van der Waals surface area contributed by atoms with Crippen LogP contribution in [0.1, 0.15) is 12.5 Å². The summed E-state index contributed by atoms with van der Waals surface area (Å²) >= 11 is 0. The molecule has 1 rings (SSSR count). The molecule has 0 heterocycles. The molecule has 19 heavy (non-hydrogen) atoms. The summed E-state index contributed by atoms with van der Waals surface area (Å²) < 4.78 is 79.6. The highest BCUT2D eigenvalue weighted by Crippen LogP contribution is 2.38. The lowest BCUT2D eigenvalue weighted by Gasteiger charge is -2.28. The largest absolute Gasteiger partial charge is 0.425 e. The van der Waals surface area contributed by atoms with E-state index in [9.17, 15) is 26.3 Å². The number of halogens is 6. The predicted molar refractivity (Wildman–Crippen MR) is 56.6 cm³/mol. The number of alkyl halides is 6. The van der Waals surface area contributed by atoms with E-state index in [2.05, 4.69) is 4.74 Å². The fraction of sp³-hybridized carbons (Fsp3) is 0.500. The first-order chi connectivity index (χ1) is 8.65. The van der Waals surface area contributed by atoms with Gasteiger partial charge >= 0.3 is 12.1 Å². The monoisotopic (exact) mass is 286 g/mol. The first kappa shape index (κ1) is 15.8. The Morgan fingerprint density at radius 1 is 1.05 bits per heavy atom. The van der Waals surface area contributed by atoms with E-state index in [-0.39, 0.29) is 6.61 Å². The maximum atomic E-state index is 13.2. The molecule has 0 amide bonds. The Balaban J connectivity index is 2.64. The molecule has 0 spiro atoms. The minimum Gasteiger partial charge on any atom is -0.367 e. The zero-order chi connectivity index (χ0) is 14.7. The van der Waals surface area contributed by atoms with Crippen LogP contribution in [0.15, 0.2) is 30.3 Å². The molecule has 0 saturated carbocycles. The van der Waals surface area contributed by atoms with E-state index in [1.54, 1.807) is 30.3 Å². The van der Waals surface area contributed by atoms with Gasteiger partial charge in [0.05, 0.1) is 6.61 Å². The Bertz CT molecular complexity index is 389. The highest BCUT2D eigenvalue weighted by molar-refractivity contribution is 5.13. The summed E-state index contributed by atoms with van der Waals surface area (Å²) in [5.74, 6) is -4.63. The molecular formula is C12H12F6O. The highest BCUT2D eigenvalue weighted by Gasteiger charge is 2.59. The molecule has 1 aromatic carbocycles. The standard InChI is InChI=1S/C12H12F6O/c1-8(11(14,15)10(13)12(16,17)18)19-7-9-5-3-2-4-6-9/h2-6,8,10H,7H2,1H3. The molecule has 0 N–H and O–H groups in total. The first-order valence-electron chi connectivity index (χ1n) is 5.40. The summed E-state index contributed by atoms with van der Waals surface area (Å²) in [4.78, 5) is 0. The van der Waals surface area contributed by atoms with Crippen LogP contribution in [-0.4, -0.2) is 24.4 Å². The average molecular weight is 286 g/mol. The van der Waals surface area contributed by atoms with Crippen molar-refractivity contribution < 1.29 is 31.1 Å². The minimum absolute atomic E-state index is 0.317. The van der Waals surface area contributed by atoms with E-state index in [0.29, 0.717) is 12.5 Å². The lowest BCUT2D eigenvalue weighted by molar-refractivity contribution is -0.271. The molecule has 2 unspecified atom stereocenters. The molecule has 2 atom stereocenters. The molecule has 1 aromatic rings. The predicted octanol–water partition coefficient (Wildman–Crippen LogP) is 4.13. The SMILES string of the molecule is CC(OCc1ccccc1)C(F)(F)C(F)C(F)(F)F. The van der Waals surface area contributed by atoms with E-state index in [4.69, 9.17) is 0 Å². The van der Waals surface area contributed by atoms with Crippen molar-refractivity contribution in [2.45, 2.75) is 37.9 Å². The molecule has 0 aliphatic heterocycles. The zero-order valence-electron chi connectivity index (χ0n) is 9.92. The van der Waals surface area contributed by atoms with Crippen LogP contribution in [-0.2, 0) is 11.3 Å². The third-order valence-corrected chi connectivity index (χ3v) is 2.51. The van der Waals surface area contributed by atoms with E-state index in [1.165, 1.54) is 0 Å². The van der Waals surface area contributed by atoms with Gasteiger partial charge < -0.3 is 4.74 Å². The number of ether oxygens (including phenoxy) is 1. The van der Waals surface area contributed by atoms with Crippen molar-refractivity contribution in [2.75, 3.05) is 0 Å². The van der Waals surface area contributed by atoms with Gasteiger partial charge in [0.15, 0.2) is 0 Å². The number of hydrogen-bond donors (Lipinski definition) is 0. The van der Waals surface area contributed by atoms with Crippen LogP contribution in [0.3, 0.4) is 0 Å². The van der Waals surface area contributed by atoms with Crippen molar-refractivity contribution in [1.82, 2.24) is 0 Å². The molecule has 0 radical (unpaired) electrons. The van der Waals surface area contributed by atoms with Gasteiger partial charge in [-0.1, -0.05) is 30.3 Å². The molecule has 0 bridgehead atoms. The summed E-state index contributed by atoms with van der Waals surface area (Å²) in [6.07, 6.45) is -12.1. The molecule has 0 aliphatic carbocycles. The van der Waals surface area contributed by atoms with Crippen LogP contribution >= 0.6 is 0 Å². The third kappa shape index (κ3) is 4.12. The molecule has 0 saturated heterocycles. The van der Waals surface area contributed by atoms with Crippen molar-refractivity contribution in [2.24, 2.45) is 0 Å². The van der Waals surface area contributed by atoms with Crippen LogP contribution in [0.2, 0.25) is 0 Å². The maximum Gasteiger partial charge on any atom is 0.425 e. The second-order valence-corrected chi connectivity index (χ2v) is 4.02. The quantitative estimate of drug-likeness (QED) is 0.740. The Kier molecular flexibility index (Phi) is 4.84. The van der Waals surface area contributed by atoms with Crippen molar-refractivity contribution in [1.29, 1.82) is 0 Å². The zero-order valence-corrected chi connectivity index (χ0v) is 9.92. The molecule has 0 aliphatic rings. The molecule has 1 nitrogen and oxygen atoms in total. The summed E-state index contributed by atoms with van der Waals surface area (Å²) in [6.45, 7) is 0.392. The van der Waals surface area contributed by atoms with Crippen LogP contribution in [0, 0.1) is 0 Å². The number of rotatable bonds is 5. The van der Waals surface area contributed by atoms with Crippen LogP contribution in [0.4, 0.5) is 26.3 Å². The molecule has 7 heteroatoms. The lowest BCUT2D eigenvalue weighted by atomic mass is 10.1. The van der Waals surface area contributed by atoms with Crippen LogP contribution < -0.4 is 0 Å².